The Morgan fingerprint density at radius 3 is 2.86 bits per heavy atom. The number of carbonyl (C=O) groups excluding carboxylic acids is 1. The molecule has 0 radical (unpaired) electrons. The molecule has 22 heavy (non-hydrogen) atoms. The lowest BCUT2D eigenvalue weighted by molar-refractivity contribution is -0.123. The van der Waals surface area contributed by atoms with Gasteiger partial charge in [-0.2, -0.15) is 0 Å². The summed E-state index contributed by atoms with van der Waals surface area (Å²) in [5, 5.41) is 2.58. The van der Waals surface area contributed by atoms with Crippen LogP contribution in [0.1, 0.15) is 0 Å². The zero-order valence-corrected chi connectivity index (χ0v) is 11.7. The van der Waals surface area contributed by atoms with Crippen molar-refractivity contribution in [1.82, 2.24) is 14.9 Å². The Morgan fingerprint density at radius 2 is 2.14 bits per heavy atom. The van der Waals surface area contributed by atoms with Crippen molar-refractivity contribution in [2.45, 2.75) is 0 Å². The van der Waals surface area contributed by atoms with Crippen LogP contribution in [0.25, 0.3) is 5.69 Å². The van der Waals surface area contributed by atoms with E-state index in [1.807, 2.05) is 0 Å². The molecule has 2 aromatic rings. The van der Waals surface area contributed by atoms with Crippen molar-refractivity contribution < 1.29 is 9.53 Å². The molecular weight excluding hydrogens is 288 g/mol. The number of ether oxygens (including phenoxy) is 1. The van der Waals surface area contributed by atoms with Crippen LogP contribution in [-0.2, 0) is 4.79 Å². The van der Waals surface area contributed by atoms with Crippen LogP contribution in [0.4, 0.5) is 0 Å². The molecule has 0 spiro atoms. The summed E-state index contributed by atoms with van der Waals surface area (Å²) in [5.41, 5.74) is 4.78. The predicted octanol–water partition coefficient (Wildman–Crippen LogP) is -1.02. The van der Waals surface area contributed by atoms with Crippen molar-refractivity contribution in [3.8, 4) is 11.4 Å². The normalized spacial score (nSPS) is 10.2. The molecule has 2 rings (SSSR count). The first-order chi connectivity index (χ1) is 10.6. The monoisotopic (exact) mass is 304 g/mol. The maximum atomic E-state index is 11.7. The van der Waals surface area contributed by atoms with Gasteiger partial charge < -0.3 is 15.8 Å². The van der Waals surface area contributed by atoms with E-state index in [1.54, 1.807) is 24.3 Å². The lowest BCUT2D eigenvalue weighted by Crippen LogP contribution is -2.32. The van der Waals surface area contributed by atoms with Gasteiger partial charge in [0.25, 0.3) is 11.5 Å². The average molecular weight is 304 g/mol. The topological polar surface area (TPSA) is 119 Å². The largest absolute Gasteiger partial charge is 0.484 e. The SMILES string of the molecule is NCCNC(=O)COc1cccc(-n2ccc(=O)[nH]c2=O)c1. The molecule has 8 nitrogen and oxygen atoms in total. The molecule has 8 heteroatoms. The summed E-state index contributed by atoms with van der Waals surface area (Å²) in [6.45, 7) is 0.593. The van der Waals surface area contributed by atoms with E-state index < -0.39 is 11.2 Å². The van der Waals surface area contributed by atoms with Gasteiger partial charge in [0.15, 0.2) is 6.61 Å². The second kappa shape index (κ2) is 7.23. The zero-order chi connectivity index (χ0) is 15.9. The quantitative estimate of drug-likeness (QED) is 0.631. The molecule has 0 aliphatic carbocycles. The molecule has 1 aromatic heterocycles. The number of nitrogens with two attached hydrogens (primary N) is 1. The Morgan fingerprint density at radius 1 is 1.32 bits per heavy atom. The maximum Gasteiger partial charge on any atom is 0.332 e. The Bertz CT molecular complexity index is 766. The van der Waals surface area contributed by atoms with Crippen LogP contribution in [-0.4, -0.2) is 35.2 Å². The van der Waals surface area contributed by atoms with Gasteiger partial charge in [-0.05, 0) is 12.1 Å². The first kappa shape index (κ1) is 15.5. The fourth-order valence-electron chi connectivity index (χ4n) is 1.76. The van der Waals surface area contributed by atoms with Gasteiger partial charge in [-0.15, -0.1) is 0 Å². The number of aromatic nitrogens is 2. The standard InChI is InChI=1S/C14H16N4O4/c15-5-6-16-13(20)9-22-11-3-1-2-10(8-11)18-7-4-12(19)17-14(18)21/h1-4,7-8H,5-6,9,15H2,(H,16,20)(H,17,19,21). The van der Waals surface area contributed by atoms with E-state index in [4.69, 9.17) is 10.5 Å². The van der Waals surface area contributed by atoms with Crippen molar-refractivity contribution in [1.29, 1.82) is 0 Å². The molecule has 0 saturated heterocycles. The number of aromatic amines is 1. The number of hydrogen-bond acceptors (Lipinski definition) is 5. The summed E-state index contributed by atoms with van der Waals surface area (Å²) in [7, 11) is 0. The minimum Gasteiger partial charge on any atom is -0.484 e. The van der Waals surface area contributed by atoms with Crippen molar-refractivity contribution in [2.24, 2.45) is 5.73 Å². The summed E-state index contributed by atoms with van der Waals surface area (Å²) in [6, 6.07) is 7.86. The molecule has 0 unspecified atom stereocenters. The van der Waals surface area contributed by atoms with E-state index in [0.717, 1.165) is 0 Å². The zero-order valence-electron chi connectivity index (χ0n) is 11.7. The van der Waals surface area contributed by atoms with Crippen LogP contribution in [0.3, 0.4) is 0 Å². The molecule has 116 valence electrons. The summed E-state index contributed by atoms with van der Waals surface area (Å²) in [4.78, 5) is 36.4. The number of nitrogens with zero attached hydrogens (tertiary/aromatic N) is 1. The lowest BCUT2D eigenvalue weighted by atomic mass is 10.3. The Balaban J connectivity index is 2.11. The van der Waals surface area contributed by atoms with Gasteiger partial charge in [-0.1, -0.05) is 6.07 Å². The fraction of sp³-hybridized carbons (Fsp3) is 0.214. The van der Waals surface area contributed by atoms with E-state index >= 15 is 0 Å². The highest BCUT2D eigenvalue weighted by atomic mass is 16.5. The molecule has 0 saturated carbocycles. The van der Waals surface area contributed by atoms with Crippen LogP contribution in [0, 0.1) is 0 Å². The third-order valence-electron chi connectivity index (χ3n) is 2.76. The van der Waals surface area contributed by atoms with Gasteiger partial charge in [0, 0.05) is 31.4 Å². The van der Waals surface area contributed by atoms with Crippen molar-refractivity contribution in [2.75, 3.05) is 19.7 Å². The second-order valence-corrected chi connectivity index (χ2v) is 4.40. The summed E-state index contributed by atoms with van der Waals surface area (Å²) < 4.78 is 6.62. The number of carbonyl (C=O) groups is 1. The number of H-pyrrole nitrogens is 1. The van der Waals surface area contributed by atoms with Crippen molar-refractivity contribution in [3.63, 3.8) is 0 Å². The van der Waals surface area contributed by atoms with Crippen LogP contribution in [0.2, 0.25) is 0 Å². The summed E-state index contributed by atoms with van der Waals surface area (Å²) in [5.74, 6) is 0.149. The van der Waals surface area contributed by atoms with Gasteiger partial charge >= 0.3 is 5.69 Å². The number of rotatable bonds is 6. The molecule has 0 atom stereocenters. The third-order valence-corrected chi connectivity index (χ3v) is 2.76. The number of hydrogen-bond donors (Lipinski definition) is 3. The average Bonchev–Trinajstić information content (AvgIpc) is 2.51. The Kier molecular flexibility index (Phi) is 5.10. The number of nitrogens with one attached hydrogen (secondary N) is 2. The van der Waals surface area contributed by atoms with Crippen LogP contribution in [0.5, 0.6) is 5.75 Å². The van der Waals surface area contributed by atoms with Crippen molar-refractivity contribution in [3.05, 3.63) is 57.4 Å². The highest BCUT2D eigenvalue weighted by Crippen LogP contribution is 2.15. The van der Waals surface area contributed by atoms with Crippen LogP contribution in [0.15, 0.2) is 46.1 Å². The molecule has 4 N–H and O–H groups in total. The van der Waals surface area contributed by atoms with Crippen molar-refractivity contribution >= 4 is 5.91 Å². The molecule has 1 heterocycles. The van der Waals surface area contributed by atoms with Crippen LogP contribution < -0.4 is 27.0 Å². The van der Waals surface area contributed by atoms with E-state index in [0.29, 0.717) is 24.5 Å². The molecule has 0 bridgehead atoms. The van der Waals surface area contributed by atoms with Gasteiger partial charge in [-0.3, -0.25) is 19.1 Å². The lowest BCUT2D eigenvalue weighted by Gasteiger charge is -2.09. The summed E-state index contributed by atoms with van der Waals surface area (Å²) in [6.07, 6.45) is 1.37. The van der Waals surface area contributed by atoms with Crippen LogP contribution >= 0.6 is 0 Å². The maximum absolute atomic E-state index is 11.7. The van der Waals surface area contributed by atoms with Gasteiger partial charge in [0.2, 0.25) is 0 Å². The third kappa shape index (κ3) is 4.06. The molecule has 1 amide bonds. The Labute approximate surface area is 125 Å². The number of amides is 1. The summed E-state index contributed by atoms with van der Waals surface area (Å²) >= 11 is 0. The first-order valence-corrected chi connectivity index (χ1v) is 6.62. The van der Waals surface area contributed by atoms with E-state index in [9.17, 15) is 14.4 Å². The highest BCUT2D eigenvalue weighted by Gasteiger charge is 2.04. The van der Waals surface area contributed by atoms with Gasteiger partial charge in [-0.25, -0.2) is 4.79 Å². The molecule has 0 fully saturated rings. The molecule has 1 aromatic carbocycles. The van der Waals surface area contributed by atoms with E-state index in [2.05, 4.69) is 10.3 Å². The smallest absolute Gasteiger partial charge is 0.332 e. The van der Waals surface area contributed by atoms with Gasteiger partial charge in [0.05, 0.1) is 5.69 Å². The number of benzene rings is 1. The predicted molar refractivity (Wildman–Crippen MR) is 80.2 cm³/mol. The van der Waals surface area contributed by atoms with E-state index in [-0.39, 0.29) is 12.5 Å². The van der Waals surface area contributed by atoms with E-state index in [1.165, 1.54) is 16.8 Å². The van der Waals surface area contributed by atoms with Gasteiger partial charge in [0.1, 0.15) is 5.75 Å². The molecular formula is C14H16N4O4. The molecule has 0 aliphatic heterocycles. The fourth-order valence-corrected chi connectivity index (χ4v) is 1.76. The second-order valence-electron chi connectivity index (χ2n) is 4.40. The minimum absolute atomic E-state index is 0.149. The molecule has 0 aliphatic rings. The first-order valence-electron chi connectivity index (χ1n) is 6.62. The Hall–Kier alpha value is -2.87. The highest BCUT2D eigenvalue weighted by molar-refractivity contribution is 5.77. The minimum atomic E-state index is -0.551.